The quantitative estimate of drug-likeness (QED) is 0.652. The first-order chi connectivity index (χ1) is 13.7. The minimum atomic E-state index is -3.97. The van der Waals surface area contributed by atoms with Crippen LogP contribution >= 0.6 is 0 Å². The average molecular weight is 421 g/mol. The molecule has 29 heavy (non-hydrogen) atoms. The molecule has 1 aliphatic rings. The Hall–Kier alpha value is -2.72. The molecule has 0 unspecified atom stereocenters. The van der Waals surface area contributed by atoms with Gasteiger partial charge in [-0.2, -0.15) is 4.31 Å². The Balaban J connectivity index is 1.68. The Morgan fingerprint density at radius 1 is 1.28 bits per heavy atom. The van der Waals surface area contributed by atoms with Crippen LogP contribution in [0.3, 0.4) is 0 Å². The predicted octanol–water partition coefficient (Wildman–Crippen LogP) is 1.65. The zero-order chi connectivity index (χ0) is 21.2. The molecule has 1 aromatic heterocycles. The van der Waals surface area contributed by atoms with Crippen LogP contribution in [0.15, 0.2) is 39.8 Å². The summed E-state index contributed by atoms with van der Waals surface area (Å²) in [6, 6.07) is 7.95. The SMILES string of the molecule is Cc1noc(C)c1S(=O)(=O)N1CCC[C@H]1C(=O)OCC(=O)N(C)c1ccccc1. The highest BCUT2D eigenvalue weighted by atomic mass is 32.2. The lowest BCUT2D eigenvalue weighted by Crippen LogP contribution is -2.42. The minimum absolute atomic E-state index is 0.0305. The maximum Gasteiger partial charge on any atom is 0.324 e. The standard InChI is InChI=1S/C19H23N3O6S/c1-13-18(14(2)28-20-13)29(25,26)22-11-7-10-16(22)19(24)27-12-17(23)21(3)15-8-5-4-6-9-15/h4-6,8-9,16H,7,10-12H2,1-3H3/t16-/m0/s1. The van der Waals surface area contributed by atoms with Gasteiger partial charge in [0.15, 0.2) is 12.4 Å². The van der Waals surface area contributed by atoms with Gasteiger partial charge in [0, 0.05) is 19.3 Å². The summed E-state index contributed by atoms with van der Waals surface area (Å²) < 4.78 is 37.3. The zero-order valence-electron chi connectivity index (χ0n) is 16.5. The lowest BCUT2D eigenvalue weighted by molar-refractivity contribution is -0.151. The molecular weight excluding hydrogens is 398 g/mol. The van der Waals surface area contributed by atoms with Gasteiger partial charge in [0.1, 0.15) is 16.6 Å². The van der Waals surface area contributed by atoms with Gasteiger partial charge < -0.3 is 14.2 Å². The minimum Gasteiger partial charge on any atom is -0.454 e. The predicted molar refractivity (Wildman–Crippen MR) is 104 cm³/mol. The number of carbonyl (C=O) groups is 2. The fourth-order valence-corrected chi connectivity index (χ4v) is 5.29. The summed E-state index contributed by atoms with van der Waals surface area (Å²) in [4.78, 5) is 26.2. The summed E-state index contributed by atoms with van der Waals surface area (Å²) in [5.74, 6) is -0.989. The van der Waals surface area contributed by atoms with Gasteiger partial charge >= 0.3 is 5.97 Å². The van der Waals surface area contributed by atoms with E-state index in [1.165, 1.54) is 18.7 Å². The molecule has 156 valence electrons. The molecule has 1 aromatic carbocycles. The van der Waals surface area contributed by atoms with Crippen molar-refractivity contribution in [2.75, 3.05) is 25.1 Å². The zero-order valence-corrected chi connectivity index (χ0v) is 17.3. The molecule has 0 N–H and O–H groups in total. The molecule has 10 heteroatoms. The van der Waals surface area contributed by atoms with Crippen LogP contribution in [0.25, 0.3) is 0 Å². The van der Waals surface area contributed by atoms with Crippen molar-refractivity contribution in [3.05, 3.63) is 41.8 Å². The van der Waals surface area contributed by atoms with Crippen LogP contribution in [-0.4, -0.2) is 56.0 Å². The third kappa shape index (κ3) is 4.18. The summed E-state index contributed by atoms with van der Waals surface area (Å²) in [6.07, 6.45) is 0.838. The number of esters is 1. The van der Waals surface area contributed by atoms with Crippen LogP contribution in [0, 0.1) is 13.8 Å². The molecule has 9 nitrogen and oxygen atoms in total. The van der Waals surface area contributed by atoms with Crippen LogP contribution in [-0.2, 0) is 24.3 Å². The third-order valence-corrected chi connectivity index (χ3v) is 7.02. The summed E-state index contributed by atoms with van der Waals surface area (Å²) in [7, 11) is -2.39. The van der Waals surface area contributed by atoms with Gasteiger partial charge in [-0.3, -0.25) is 9.59 Å². The van der Waals surface area contributed by atoms with Gasteiger partial charge in [-0.05, 0) is 38.8 Å². The molecule has 3 rings (SSSR count). The molecule has 0 saturated carbocycles. The number of sulfonamides is 1. The van der Waals surface area contributed by atoms with Crippen molar-refractivity contribution < 1.29 is 27.3 Å². The molecule has 1 aliphatic heterocycles. The van der Waals surface area contributed by atoms with Crippen molar-refractivity contribution in [3.63, 3.8) is 0 Å². The summed E-state index contributed by atoms with van der Waals surface area (Å²) in [6.45, 7) is 2.75. The first-order valence-corrected chi connectivity index (χ1v) is 10.6. The number of hydrogen-bond acceptors (Lipinski definition) is 7. The summed E-state index contributed by atoms with van der Waals surface area (Å²) >= 11 is 0. The fraction of sp³-hybridized carbons (Fsp3) is 0.421. The highest BCUT2D eigenvalue weighted by Gasteiger charge is 2.42. The van der Waals surface area contributed by atoms with Crippen molar-refractivity contribution in [1.82, 2.24) is 9.46 Å². The van der Waals surface area contributed by atoms with Crippen LogP contribution in [0.4, 0.5) is 5.69 Å². The third-order valence-electron chi connectivity index (χ3n) is 4.87. The van der Waals surface area contributed by atoms with E-state index in [2.05, 4.69) is 5.16 Å². The molecule has 1 fully saturated rings. The van der Waals surface area contributed by atoms with E-state index >= 15 is 0 Å². The monoisotopic (exact) mass is 421 g/mol. The number of anilines is 1. The van der Waals surface area contributed by atoms with E-state index < -0.39 is 34.5 Å². The lowest BCUT2D eigenvalue weighted by Gasteiger charge is -2.23. The number of benzene rings is 1. The van der Waals surface area contributed by atoms with Crippen molar-refractivity contribution in [2.24, 2.45) is 0 Å². The second-order valence-electron chi connectivity index (χ2n) is 6.82. The first kappa shape index (κ1) is 21.0. The maximum atomic E-state index is 13.0. The van der Waals surface area contributed by atoms with Crippen molar-refractivity contribution in [2.45, 2.75) is 37.6 Å². The fourth-order valence-electron chi connectivity index (χ4n) is 3.35. The molecule has 1 amide bonds. The van der Waals surface area contributed by atoms with Crippen LogP contribution in [0.1, 0.15) is 24.3 Å². The number of ether oxygens (including phenoxy) is 1. The first-order valence-electron chi connectivity index (χ1n) is 9.16. The smallest absolute Gasteiger partial charge is 0.324 e. The van der Waals surface area contributed by atoms with Gasteiger partial charge in [0.2, 0.25) is 10.0 Å². The highest BCUT2D eigenvalue weighted by molar-refractivity contribution is 7.89. The van der Waals surface area contributed by atoms with E-state index in [0.29, 0.717) is 18.5 Å². The number of aromatic nitrogens is 1. The van der Waals surface area contributed by atoms with E-state index in [9.17, 15) is 18.0 Å². The van der Waals surface area contributed by atoms with E-state index in [1.54, 1.807) is 31.3 Å². The number of rotatable bonds is 6. The topological polar surface area (TPSA) is 110 Å². The van der Waals surface area contributed by atoms with Gasteiger partial charge in [-0.1, -0.05) is 23.4 Å². The van der Waals surface area contributed by atoms with Gasteiger partial charge in [-0.25, -0.2) is 8.42 Å². The number of para-hydroxylation sites is 1. The molecule has 2 heterocycles. The molecule has 0 aliphatic carbocycles. The van der Waals surface area contributed by atoms with Crippen molar-refractivity contribution in [1.29, 1.82) is 0 Å². The highest BCUT2D eigenvalue weighted by Crippen LogP contribution is 2.30. The van der Waals surface area contributed by atoms with Gasteiger partial charge in [-0.15, -0.1) is 0 Å². The normalized spacial score (nSPS) is 17.3. The second kappa shape index (κ2) is 8.34. The molecule has 2 aromatic rings. The van der Waals surface area contributed by atoms with E-state index in [4.69, 9.17) is 9.26 Å². The van der Waals surface area contributed by atoms with E-state index in [0.717, 1.165) is 4.31 Å². The van der Waals surface area contributed by atoms with Crippen LogP contribution in [0.2, 0.25) is 0 Å². The van der Waals surface area contributed by atoms with E-state index in [1.807, 2.05) is 6.07 Å². The average Bonchev–Trinajstić information content (AvgIpc) is 3.33. The number of carbonyl (C=O) groups excluding carboxylic acids is 2. The number of nitrogens with zero attached hydrogens (tertiary/aromatic N) is 3. The van der Waals surface area contributed by atoms with Crippen LogP contribution < -0.4 is 4.90 Å². The van der Waals surface area contributed by atoms with E-state index in [-0.39, 0.29) is 22.9 Å². The second-order valence-corrected chi connectivity index (χ2v) is 8.65. The summed E-state index contributed by atoms with van der Waals surface area (Å²) in [5.41, 5.74) is 0.901. The number of amides is 1. The van der Waals surface area contributed by atoms with Crippen molar-refractivity contribution >= 4 is 27.6 Å². The molecule has 0 spiro atoms. The Kier molecular flexibility index (Phi) is 6.04. The van der Waals surface area contributed by atoms with Gasteiger partial charge in [0.05, 0.1) is 0 Å². The molecule has 0 bridgehead atoms. The van der Waals surface area contributed by atoms with Crippen LogP contribution in [0.5, 0.6) is 0 Å². The number of likely N-dealkylation sites (N-methyl/N-ethyl adjacent to an activating group) is 1. The lowest BCUT2D eigenvalue weighted by atomic mass is 10.2. The number of aryl methyl sites for hydroxylation is 2. The molecule has 1 atom stereocenters. The molecular formula is C19H23N3O6S. The maximum absolute atomic E-state index is 13.0. The molecule has 1 saturated heterocycles. The van der Waals surface area contributed by atoms with Gasteiger partial charge in [0.25, 0.3) is 5.91 Å². The van der Waals surface area contributed by atoms with Crippen molar-refractivity contribution in [3.8, 4) is 0 Å². The Morgan fingerprint density at radius 2 is 1.97 bits per heavy atom. The number of hydrogen-bond donors (Lipinski definition) is 0. The largest absolute Gasteiger partial charge is 0.454 e. The molecule has 0 radical (unpaired) electrons. The Morgan fingerprint density at radius 3 is 2.59 bits per heavy atom. The Labute approximate surface area is 169 Å². The Bertz CT molecular complexity index is 983. The summed E-state index contributed by atoms with van der Waals surface area (Å²) in [5, 5.41) is 3.68.